The summed E-state index contributed by atoms with van der Waals surface area (Å²) >= 11 is 0. The standard InChI is InChI=1S/C11H19F2NO2/c1-11(3-4-11)15-7-8-5-9(6-14(8)2)16-10(12)13/h8-10H,3-7H2,1-2H3. The van der Waals surface area contributed by atoms with Gasteiger partial charge in [0.15, 0.2) is 0 Å². The minimum atomic E-state index is -2.67. The second-order valence-electron chi connectivity index (χ2n) is 5.11. The molecule has 16 heavy (non-hydrogen) atoms. The SMILES string of the molecule is CN1CC(OC(F)F)CC1COC1(C)CC1. The average Bonchev–Trinajstić information content (AvgIpc) is 2.80. The van der Waals surface area contributed by atoms with Gasteiger partial charge in [-0.15, -0.1) is 0 Å². The molecule has 2 atom stereocenters. The van der Waals surface area contributed by atoms with Crippen molar-refractivity contribution < 1.29 is 18.3 Å². The van der Waals surface area contributed by atoms with E-state index in [0.29, 0.717) is 19.6 Å². The third-order valence-electron chi connectivity index (χ3n) is 3.52. The molecule has 5 heteroatoms. The van der Waals surface area contributed by atoms with E-state index in [9.17, 15) is 8.78 Å². The number of hydrogen-bond acceptors (Lipinski definition) is 3. The van der Waals surface area contributed by atoms with Crippen LogP contribution in [0.25, 0.3) is 0 Å². The number of nitrogens with zero attached hydrogens (tertiary/aromatic N) is 1. The Hall–Kier alpha value is -0.260. The molecular weight excluding hydrogens is 216 g/mol. The van der Waals surface area contributed by atoms with Crippen LogP contribution >= 0.6 is 0 Å². The molecule has 0 amide bonds. The fraction of sp³-hybridized carbons (Fsp3) is 1.00. The van der Waals surface area contributed by atoms with Crippen molar-refractivity contribution in [2.45, 2.75) is 50.5 Å². The van der Waals surface area contributed by atoms with Gasteiger partial charge in [0.1, 0.15) is 0 Å². The van der Waals surface area contributed by atoms with E-state index in [4.69, 9.17) is 4.74 Å². The minimum absolute atomic E-state index is 0.0580. The monoisotopic (exact) mass is 235 g/mol. The zero-order valence-corrected chi connectivity index (χ0v) is 9.79. The molecule has 0 bridgehead atoms. The average molecular weight is 235 g/mol. The van der Waals surface area contributed by atoms with Crippen LogP contribution in [0.5, 0.6) is 0 Å². The number of likely N-dealkylation sites (N-methyl/N-ethyl adjacent to an activating group) is 1. The second-order valence-corrected chi connectivity index (χ2v) is 5.11. The van der Waals surface area contributed by atoms with E-state index < -0.39 is 6.61 Å². The number of hydrogen-bond donors (Lipinski definition) is 0. The molecule has 2 aliphatic rings. The Kier molecular flexibility index (Phi) is 3.47. The molecule has 2 rings (SSSR count). The summed E-state index contributed by atoms with van der Waals surface area (Å²) < 4.78 is 34.4. The lowest BCUT2D eigenvalue weighted by Gasteiger charge is -2.21. The Bertz CT molecular complexity index is 246. The molecule has 0 spiro atoms. The summed E-state index contributed by atoms with van der Waals surface area (Å²) in [6, 6.07) is 0.209. The predicted molar refractivity (Wildman–Crippen MR) is 55.5 cm³/mol. The van der Waals surface area contributed by atoms with E-state index in [1.807, 2.05) is 11.9 Å². The van der Waals surface area contributed by atoms with Crippen LogP contribution in [0, 0.1) is 0 Å². The fourth-order valence-electron chi connectivity index (χ4n) is 2.09. The highest BCUT2D eigenvalue weighted by molar-refractivity contribution is 4.92. The Balaban J connectivity index is 1.73. The molecule has 1 aliphatic heterocycles. The van der Waals surface area contributed by atoms with E-state index >= 15 is 0 Å². The minimum Gasteiger partial charge on any atom is -0.374 e. The zero-order chi connectivity index (χ0) is 11.8. The van der Waals surface area contributed by atoms with Gasteiger partial charge >= 0.3 is 6.61 Å². The first-order valence-corrected chi connectivity index (χ1v) is 5.76. The lowest BCUT2D eigenvalue weighted by Crippen LogP contribution is -2.31. The molecule has 0 aromatic carbocycles. The van der Waals surface area contributed by atoms with E-state index in [0.717, 1.165) is 12.8 Å². The second kappa shape index (κ2) is 4.55. The Morgan fingerprint density at radius 1 is 1.44 bits per heavy atom. The summed E-state index contributed by atoms with van der Waals surface area (Å²) in [6.07, 6.45) is 2.50. The topological polar surface area (TPSA) is 21.7 Å². The summed E-state index contributed by atoms with van der Waals surface area (Å²) in [5.41, 5.74) is 0.0580. The van der Waals surface area contributed by atoms with Gasteiger partial charge in [0.2, 0.25) is 0 Å². The summed E-state index contributed by atoms with van der Waals surface area (Å²) in [5.74, 6) is 0. The normalized spacial score (nSPS) is 33.6. The van der Waals surface area contributed by atoms with Crippen LogP contribution in [0.15, 0.2) is 0 Å². The van der Waals surface area contributed by atoms with Gasteiger partial charge in [-0.05, 0) is 33.2 Å². The molecule has 0 aromatic rings. The van der Waals surface area contributed by atoms with Crippen LogP contribution < -0.4 is 0 Å². The van der Waals surface area contributed by atoms with Gasteiger partial charge in [0.25, 0.3) is 0 Å². The molecule has 1 aliphatic carbocycles. The molecule has 0 radical (unpaired) electrons. The highest BCUT2D eigenvalue weighted by atomic mass is 19.3. The van der Waals surface area contributed by atoms with Gasteiger partial charge in [0, 0.05) is 12.6 Å². The molecule has 2 fully saturated rings. The summed E-state index contributed by atoms with van der Waals surface area (Å²) in [7, 11) is 1.93. The predicted octanol–water partition coefficient (Wildman–Crippen LogP) is 1.87. The van der Waals surface area contributed by atoms with Crippen molar-refractivity contribution in [3.05, 3.63) is 0 Å². The third-order valence-corrected chi connectivity index (χ3v) is 3.52. The van der Waals surface area contributed by atoms with Crippen molar-refractivity contribution in [2.75, 3.05) is 20.2 Å². The van der Waals surface area contributed by atoms with Gasteiger partial charge in [0.05, 0.1) is 18.3 Å². The largest absolute Gasteiger partial charge is 0.374 e. The summed E-state index contributed by atoms with van der Waals surface area (Å²) in [4.78, 5) is 2.04. The first-order valence-electron chi connectivity index (χ1n) is 5.76. The molecule has 0 N–H and O–H groups in total. The first-order chi connectivity index (χ1) is 7.48. The van der Waals surface area contributed by atoms with Gasteiger partial charge < -0.3 is 9.47 Å². The molecule has 1 saturated carbocycles. The fourth-order valence-corrected chi connectivity index (χ4v) is 2.09. The first kappa shape index (κ1) is 12.2. The van der Waals surface area contributed by atoms with Crippen molar-refractivity contribution in [1.82, 2.24) is 4.90 Å². The molecule has 3 nitrogen and oxygen atoms in total. The molecule has 94 valence electrons. The molecule has 0 aromatic heterocycles. The van der Waals surface area contributed by atoms with E-state index in [-0.39, 0.29) is 17.7 Å². The highest BCUT2D eigenvalue weighted by Crippen LogP contribution is 2.39. The smallest absolute Gasteiger partial charge is 0.345 e. The van der Waals surface area contributed by atoms with E-state index in [1.54, 1.807) is 0 Å². The molecule has 1 heterocycles. The van der Waals surface area contributed by atoms with Crippen LogP contribution in [-0.4, -0.2) is 49.5 Å². The van der Waals surface area contributed by atoms with E-state index in [1.165, 1.54) is 0 Å². The maximum absolute atomic E-state index is 12.1. The van der Waals surface area contributed by atoms with Crippen LogP contribution in [0.1, 0.15) is 26.2 Å². The van der Waals surface area contributed by atoms with Crippen molar-refractivity contribution >= 4 is 0 Å². The van der Waals surface area contributed by atoms with Gasteiger partial charge in [-0.2, -0.15) is 8.78 Å². The number of likely N-dealkylation sites (tertiary alicyclic amines) is 1. The van der Waals surface area contributed by atoms with Gasteiger partial charge in [-0.3, -0.25) is 4.90 Å². The number of halogens is 2. The Morgan fingerprint density at radius 3 is 2.69 bits per heavy atom. The zero-order valence-electron chi connectivity index (χ0n) is 9.79. The highest BCUT2D eigenvalue weighted by Gasteiger charge is 2.40. The third kappa shape index (κ3) is 3.12. The maximum atomic E-state index is 12.1. The van der Waals surface area contributed by atoms with E-state index in [2.05, 4.69) is 11.7 Å². The van der Waals surface area contributed by atoms with Gasteiger partial charge in [-0.25, -0.2) is 0 Å². The lowest BCUT2D eigenvalue weighted by molar-refractivity contribution is -0.158. The molecule has 1 saturated heterocycles. The van der Waals surface area contributed by atoms with Crippen LogP contribution in [0.4, 0.5) is 8.78 Å². The Morgan fingerprint density at radius 2 is 2.12 bits per heavy atom. The van der Waals surface area contributed by atoms with Crippen molar-refractivity contribution in [2.24, 2.45) is 0 Å². The van der Waals surface area contributed by atoms with Crippen molar-refractivity contribution in [1.29, 1.82) is 0 Å². The number of alkyl halides is 2. The summed E-state index contributed by atoms with van der Waals surface area (Å²) in [5, 5.41) is 0. The maximum Gasteiger partial charge on any atom is 0.345 e. The van der Waals surface area contributed by atoms with Crippen molar-refractivity contribution in [3.8, 4) is 0 Å². The van der Waals surface area contributed by atoms with Crippen LogP contribution in [0.3, 0.4) is 0 Å². The lowest BCUT2D eigenvalue weighted by atomic mass is 10.2. The molecular formula is C11H19F2NO2. The van der Waals surface area contributed by atoms with Gasteiger partial charge in [-0.1, -0.05) is 0 Å². The number of rotatable bonds is 5. The van der Waals surface area contributed by atoms with Crippen molar-refractivity contribution in [3.63, 3.8) is 0 Å². The van der Waals surface area contributed by atoms with Crippen LogP contribution in [0.2, 0.25) is 0 Å². The Labute approximate surface area is 94.7 Å². The quantitative estimate of drug-likeness (QED) is 0.726. The molecule has 2 unspecified atom stereocenters. The van der Waals surface area contributed by atoms with Crippen LogP contribution in [-0.2, 0) is 9.47 Å². The number of ether oxygens (including phenoxy) is 2. The summed E-state index contributed by atoms with van der Waals surface area (Å²) in [6.45, 7) is 0.610.